The Balaban J connectivity index is 1.73. The van der Waals surface area contributed by atoms with E-state index in [0.717, 1.165) is 41.0 Å². The van der Waals surface area contributed by atoms with Crippen LogP contribution >= 0.6 is 0 Å². The molecule has 0 unspecified atom stereocenters. The molecule has 0 bridgehead atoms. The van der Waals surface area contributed by atoms with Crippen LogP contribution in [0.15, 0.2) is 65.7 Å². The first-order valence-corrected chi connectivity index (χ1v) is 12.1. The fourth-order valence-corrected chi connectivity index (χ4v) is 4.58. The van der Waals surface area contributed by atoms with Gasteiger partial charge in [-0.25, -0.2) is 31.4 Å². The maximum absolute atomic E-state index is 13.8. The van der Waals surface area contributed by atoms with Gasteiger partial charge in [-0.3, -0.25) is 4.79 Å². The second-order valence-corrected chi connectivity index (χ2v) is 9.49. The average molecular weight is 539 g/mol. The quantitative estimate of drug-likeness (QED) is 0.325. The van der Waals surface area contributed by atoms with Crippen LogP contribution in [-0.4, -0.2) is 35.5 Å². The lowest BCUT2D eigenvalue weighted by molar-refractivity contribution is -0.137. The van der Waals surface area contributed by atoms with Crippen molar-refractivity contribution in [3.63, 3.8) is 0 Å². The molecule has 0 atom stereocenters. The van der Waals surface area contributed by atoms with Crippen molar-refractivity contribution in [3.8, 4) is 11.3 Å². The zero-order valence-corrected chi connectivity index (χ0v) is 19.7. The van der Waals surface area contributed by atoms with E-state index in [0.29, 0.717) is 0 Å². The van der Waals surface area contributed by atoms with Gasteiger partial charge in [-0.05, 0) is 36.4 Å². The van der Waals surface area contributed by atoms with Gasteiger partial charge in [-0.15, -0.1) is 0 Å². The van der Waals surface area contributed by atoms with Crippen LogP contribution in [0.1, 0.15) is 35.0 Å². The largest absolute Gasteiger partial charge is 0.416 e. The monoisotopic (exact) mass is 539 g/mol. The molecule has 194 valence electrons. The third kappa shape index (κ3) is 5.44. The number of sulfonamides is 1. The molecule has 2 aromatic carbocycles. The number of hydrogen-bond donors (Lipinski definition) is 2. The molecular formula is C23H18F5N5O3S. The van der Waals surface area contributed by atoms with Gasteiger partial charge in [0.2, 0.25) is 10.0 Å². The van der Waals surface area contributed by atoms with E-state index in [-0.39, 0.29) is 39.6 Å². The summed E-state index contributed by atoms with van der Waals surface area (Å²) in [6.07, 6.45) is -6.61. The molecular weight excluding hydrogens is 521 g/mol. The van der Waals surface area contributed by atoms with Crippen LogP contribution in [0.2, 0.25) is 0 Å². The van der Waals surface area contributed by atoms with Crippen LogP contribution in [0.25, 0.3) is 16.9 Å². The molecule has 8 nitrogen and oxygen atoms in total. The summed E-state index contributed by atoms with van der Waals surface area (Å²) in [6, 6.07) is 10.1. The molecule has 4 rings (SSSR count). The Morgan fingerprint density at radius 1 is 1.08 bits per heavy atom. The van der Waals surface area contributed by atoms with E-state index >= 15 is 0 Å². The summed E-state index contributed by atoms with van der Waals surface area (Å²) in [5, 5.41) is 6.31. The molecule has 14 heteroatoms. The van der Waals surface area contributed by atoms with Gasteiger partial charge >= 0.3 is 6.18 Å². The van der Waals surface area contributed by atoms with Crippen molar-refractivity contribution in [2.75, 3.05) is 11.9 Å². The van der Waals surface area contributed by atoms with Crippen molar-refractivity contribution in [3.05, 3.63) is 77.6 Å². The van der Waals surface area contributed by atoms with Crippen molar-refractivity contribution in [2.45, 2.75) is 24.4 Å². The number of aromatic nitrogens is 3. The van der Waals surface area contributed by atoms with Crippen LogP contribution in [0, 0.1) is 0 Å². The maximum atomic E-state index is 13.8. The summed E-state index contributed by atoms with van der Waals surface area (Å²) in [5.41, 5.74) is -1.89. The Labute approximate surface area is 207 Å². The van der Waals surface area contributed by atoms with E-state index in [1.165, 1.54) is 24.3 Å². The number of fused-ring (bicyclic) bond motifs is 1. The third-order valence-corrected chi connectivity index (χ3v) is 6.76. The minimum Gasteiger partial charge on any atom is -0.322 e. The predicted molar refractivity (Wildman–Crippen MR) is 124 cm³/mol. The minimum absolute atomic E-state index is 0.0928. The molecule has 0 radical (unpaired) electrons. The second-order valence-electron chi connectivity index (χ2n) is 7.72. The van der Waals surface area contributed by atoms with E-state index in [1.54, 1.807) is 6.92 Å². The van der Waals surface area contributed by atoms with Crippen LogP contribution in [-0.2, 0) is 16.2 Å². The van der Waals surface area contributed by atoms with Gasteiger partial charge < -0.3 is 5.32 Å². The molecule has 2 aromatic heterocycles. The first kappa shape index (κ1) is 26.2. The standard InChI is InChI=1S/C23H18F5N5O3S/c1-2-30-37(35,36)16-5-3-4-15(10-16)31-22(34)17-12-29-33-19(20(24)25)11-18(32-21(17)33)13-6-8-14(9-7-13)23(26,27)28/h3-12,20,30H,2H2,1H3,(H,31,34). The van der Waals surface area contributed by atoms with Gasteiger partial charge in [0.1, 0.15) is 11.3 Å². The van der Waals surface area contributed by atoms with Crippen molar-refractivity contribution in [1.82, 2.24) is 19.3 Å². The lowest BCUT2D eigenvalue weighted by Crippen LogP contribution is -2.23. The molecule has 0 aliphatic carbocycles. The number of amides is 1. The molecule has 2 heterocycles. The second kappa shape index (κ2) is 9.86. The number of rotatable bonds is 7. The van der Waals surface area contributed by atoms with Crippen LogP contribution in [0.3, 0.4) is 0 Å². The highest BCUT2D eigenvalue weighted by molar-refractivity contribution is 7.89. The fourth-order valence-electron chi connectivity index (χ4n) is 3.49. The molecule has 0 saturated carbocycles. The van der Waals surface area contributed by atoms with E-state index < -0.39 is 39.8 Å². The normalized spacial score (nSPS) is 12.3. The number of alkyl halides is 5. The Bertz CT molecular complexity index is 1570. The van der Waals surface area contributed by atoms with Crippen LogP contribution in [0.4, 0.5) is 27.6 Å². The summed E-state index contributed by atoms with van der Waals surface area (Å²) < 4.78 is 93.8. The number of hydrogen-bond acceptors (Lipinski definition) is 5. The Morgan fingerprint density at radius 3 is 2.41 bits per heavy atom. The summed E-state index contributed by atoms with van der Waals surface area (Å²) in [7, 11) is -3.80. The summed E-state index contributed by atoms with van der Waals surface area (Å²) in [6.45, 7) is 1.76. The van der Waals surface area contributed by atoms with Gasteiger partial charge in [0.05, 0.1) is 22.3 Å². The van der Waals surface area contributed by atoms with E-state index in [9.17, 15) is 35.2 Å². The Morgan fingerprint density at radius 2 is 1.78 bits per heavy atom. The summed E-state index contributed by atoms with van der Waals surface area (Å²) >= 11 is 0. The van der Waals surface area contributed by atoms with Crippen molar-refractivity contribution < 1.29 is 35.2 Å². The molecule has 0 aliphatic heterocycles. The predicted octanol–water partition coefficient (Wildman–Crippen LogP) is 4.90. The molecule has 4 aromatic rings. The topological polar surface area (TPSA) is 105 Å². The Kier molecular flexibility index (Phi) is 6.97. The highest BCUT2D eigenvalue weighted by Gasteiger charge is 2.30. The first-order valence-electron chi connectivity index (χ1n) is 10.7. The highest BCUT2D eigenvalue weighted by Crippen LogP contribution is 2.32. The molecule has 0 fully saturated rings. The number of benzene rings is 2. The SMILES string of the molecule is CCNS(=O)(=O)c1cccc(NC(=O)c2cnn3c(C(F)F)cc(-c4ccc(C(F)(F)F)cc4)nc23)c1. The highest BCUT2D eigenvalue weighted by atomic mass is 32.2. The summed E-state index contributed by atoms with van der Waals surface area (Å²) in [5.74, 6) is -0.815. The van der Waals surface area contributed by atoms with Crippen LogP contribution < -0.4 is 10.0 Å². The van der Waals surface area contributed by atoms with Gasteiger partial charge in [0.15, 0.2) is 5.65 Å². The van der Waals surface area contributed by atoms with Gasteiger partial charge in [0, 0.05) is 17.8 Å². The van der Waals surface area contributed by atoms with Gasteiger partial charge in [-0.2, -0.15) is 18.3 Å². The molecule has 0 aliphatic rings. The summed E-state index contributed by atoms with van der Waals surface area (Å²) in [4.78, 5) is 17.1. The number of halogens is 5. The number of carbonyl (C=O) groups is 1. The van der Waals surface area contributed by atoms with Gasteiger partial charge in [-0.1, -0.05) is 25.1 Å². The molecule has 0 saturated heterocycles. The van der Waals surface area contributed by atoms with E-state index in [4.69, 9.17) is 0 Å². The molecule has 37 heavy (non-hydrogen) atoms. The van der Waals surface area contributed by atoms with Crippen LogP contribution in [0.5, 0.6) is 0 Å². The average Bonchev–Trinajstić information content (AvgIpc) is 3.27. The first-order chi connectivity index (χ1) is 17.4. The number of nitrogens with zero attached hydrogens (tertiary/aromatic N) is 3. The molecule has 2 N–H and O–H groups in total. The zero-order chi connectivity index (χ0) is 27.0. The smallest absolute Gasteiger partial charge is 0.322 e. The zero-order valence-electron chi connectivity index (χ0n) is 18.9. The van der Waals surface area contributed by atoms with E-state index in [2.05, 4.69) is 20.1 Å². The van der Waals surface area contributed by atoms with Crippen molar-refractivity contribution >= 4 is 27.3 Å². The third-order valence-electron chi connectivity index (χ3n) is 5.21. The van der Waals surface area contributed by atoms with Gasteiger partial charge in [0.25, 0.3) is 12.3 Å². The van der Waals surface area contributed by atoms with E-state index in [1.807, 2.05) is 0 Å². The number of carbonyl (C=O) groups excluding carboxylic acids is 1. The molecule has 1 amide bonds. The lowest BCUT2D eigenvalue weighted by Gasteiger charge is -2.11. The molecule has 0 spiro atoms. The van der Waals surface area contributed by atoms with Crippen molar-refractivity contribution in [2.24, 2.45) is 0 Å². The Hall–Kier alpha value is -3.91. The fraction of sp³-hybridized carbons (Fsp3) is 0.174. The minimum atomic E-state index is -4.58. The number of anilines is 1. The maximum Gasteiger partial charge on any atom is 0.416 e. The lowest BCUT2D eigenvalue weighted by atomic mass is 10.1. The number of nitrogens with one attached hydrogen (secondary N) is 2. The van der Waals surface area contributed by atoms with Crippen molar-refractivity contribution in [1.29, 1.82) is 0 Å².